The van der Waals surface area contributed by atoms with Crippen LogP contribution in [0.5, 0.6) is 5.75 Å². The summed E-state index contributed by atoms with van der Waals surface area (Å²) in [5, 5.41) is 12.4. The number of hydrogen-bond donors (Lipinski definition) is 2. The highest BCUT2D eigenvalue weighted by Gasteiger charge is 2.10. The Morgan fingerprint density at radius 2 is 2.16 bits per heavy atom. The second-order valence-corrected chi connectivity index (χ2v) is 4.40. The molecule has 2 rings (SSSR count). The van der Waals surface area contributed by atoms with Crippen LogP contribution in [-0.2, 0) is 6.42 Å². The van der Waals surface area contributed by atoms with Gasteiger partial charge in [0, 0.05) is 24.9 Å². The van der Waals surface area contributed by atoms with Crippen LogP contribution in [0.3, 0.4) is 0 Å². The van der Waals surface area contributed by atoms with Crippen LogP contribution >= 0.6 is 11.6 Å². The van der Waals surface area contributed by atoms with E-state index in [-0.39, 0.29) is 17.2 Å². The highest BCUT2D eigenvalue weighted by Crippen LogP contribution is 2.20. The minimum absolute atomic E-state index is 0.0132. The SMILES string of the molecule is O=C(NCCc1ccccn1)c1cc(O)ccc1Cl. The molecular formula is C14H13ClN2O2. The highest BCUT2D eigenvalue weighted by atomic mass is 35.5. The lowest BCUT2D eigenvalue weighted by Crippen LogP contribution is -2.26. The van der Waals surface area contributed by atoms with E-state index in [2.05, 4.69) is 10.3 Å². The quantitative estimate of drug-likeness (QED) is 0.901. The molecule has 0 saturated carbocycles. The maximum absolute atomic E-state index is 11.9. The number of benzene rings is 1. The van der Waals surface area contributed by atoms with E-state index >= 15 is 0 Å². The van der Waals surface area contributed by atoms with Gasteiger partial charge in [-0.2, -0.15) is 0 Å². The van der Waals surface area contributed by atoms with Crippen LogP contribution in [-0.4, -0.2) is 22.5 Å². The number of halogens is 1. The van der Waals surface area contributed by atoms with Crippen LogP contribution in [0.25, 0.3) is 0 Å². The Kier molecular flexibility index (Phi) is 4.36. The van der Waals surface area contributed by atoms with Crippen molar-refractivity contribution in [3.8, 4) is 5.75 Å². The van der Waals surface area contributed by atoms with Crippen molar-refractivity contribution in [2.24, 2.45) is 0 Å². The zero-order valence-electron chi connectivity index (χ0n) is 10.1. The van der Waals surface area contributed by atoms with Crippen LogP contribution < -0.4 is 5.32 Å². The first-order valence-electron chi connectivity index (χ1n) is 5.83. The van der Waals surface area contributed by atoms with Crippen LogP contribution in [0.4, 0.5) is 0 Å². The van der Waals surface area contributed by atoms with Crippen molar-refractivity contribution in [1.82, 2.24) is 10.3 Å². The lowest BCUT2D eigenvalue weighted by atomic mass is 10.2. The van der Waals surface area contributed by atoms with Gasteiger partial charge in [-0.25, -0.2) is 0 Å². The van der Waals surface area contributed by atoms with E-state index < -0.39 is 0 Å². The number of aromatic nitrogens is 1. The summed E-state index contributed by atoms with van der Waals surface area (Å²) >= 11 is 5.90. The molecule has 1 amide bonds. The fraction of sp³-hybridized carbons (Fsp3) is 0.143. The van der Waals surface area contributed by atoms with Crippen molar-refractivity contribution in [1.29, 1.82) is 0 Å². The van der Waals surface area contributed by atoms with E-state index in [0.717, 1.165) is 5.69 Å². The fourth-order valence-electron chi connectivity index (χ4n) is 1.63. The second-order valence-electron chi connectivity index (χ2n) is 3.99. The van der Waals surface area contributed by atoms with E-state index in [4.69, 9.17) is 11.6 Å². The number of nitrogens with one attached hydrogen (secondary N) is 1. The Balaban J connectivity index is 1.93. The summed E-state index contributed by atoms with van der Waals surface area (Å²) in [5.41, 5.74) is 1.17. The minimum Gasteiger partial charge on any atom is -0.508 e. The van der Waals surface area contributed by atoms with Crippen molar-refractivity contribution in [3.63, 3.8) is 0 Å². The van der Waals surface area contributed by atoms with E-state index in [0.29, 0.717) is 18.0 Å². The number of nitrogens with zero attached hydrogens (tertiary/aromatic N) is 1. The molecule has 0 radical (unpaired) electrons. The number of hydrogen-bond acceptors (Lipinski definition) is 3. The smallest absolute Gasteiger partial charge is 0.252 e. The molecule has 4 nitrogen and oxygen atoms in total. The Hall–Kier alpha value is -2.07. The topological polar surface area (TPSA) is 62.2 Å². The number of carbonyl (C=O) groups is 1. The summed E-state index contributed by atoms with van der Waals surface area (Å²) in [6, 6.07) is 9.91. The molecule has 2 aromatic rings. The van der Waals surface area contributed by atoms with Crippen LogP contribution in [0, 0.1) is 0 Å². The molecule has 5 heteroatoms. The maximum atomic E-state index is 11.9. The molecule has 0 unspecified atom stereocenters. The van der Waals surface area contributed by atoms with Crippen molar-refractivity contribution in [3.05, 3.63) is 58.9 Å². The van der Waals surface area contributed by atoms with Crippen LogP contribution in [0.2, 0.25) is 5.02 Å². The maximum Gasteiger partial charge on any atom is 0.252 e. The molecule has 2 N–H and O–H groups in total. The molecule has 0 atom stereocenters. The van der Waals surface area contributed by atoms with Gasteiger partial charge in [-0.15, -0.1) is 0 Å². The van der Waals surface area contributed by atoms with Gasteiger partial charge in [0.2, 0.25) is 0 Å². The van der Waals surface area contributed by atoms with E-state index in [1.165, 1.54) is 18.2 Å². The van der Waals surface area contributed by atoms with Gasteiger partial charge >= 0.3 is 0 Å². The largest absolute Gasteiger partial charge is 0.508 e. The molecule has 0 aliphatic rings. The summed E-state index contributed by atoms with van der Waals surface area (Å²) in [7, 11) is 0. The van der Waals surface area contributed by atoms with E-state index in [1.54, 1.807) is 6.20 Å². The zero-order valence-corrected chi connectivity index (χ0v) is 10.9. The van der Waals surface area contributed by atoms with Gasteiger partial charge < -0.3 is 10.4 Å². The highest BCUT2D eigenvalue weighted by molar-refractivity contribution is 6.33. The molecule has 0 spiro atoms. The average Bonchev–Trinajstić information content (AvgIpc) is 2.42. The number of phenolic OH excluding ortho intramolecular Hbond substituents is 1. The Morgan fingerprint density at radius 3 is 2.89 bits per heavy atom. The molecule has 1 aromatic heterocycles. The lowest BCUT2D eigenvalue weighted by Gasteiger charge is -2.07. The van der Waals surface area contributed by atoms with E-state index in [1.807, 2.05) is 18.2 Å². The van der Waals surface area contributed by atoms with Crippen molar-refractivity contribution in [2.45, 2.75) is 6.42 Å². The fourth-order valence-corrected chi connectivity index (χ4v) is 1.84. The molecule has 0 aliphatic heterocycles. The summed E-state index contributed by atoms with van der Waals surface area (Å²) < 4.78 is 0. The molecule has 0 saturated heterocycles. The predicted octanol–water partition coefficient (Wildman–Crippen LogP) is 2.41. The molecular weight excluding hydrogens is 264 g/mol. The Bertz CT molecular complexity index is 573. The lowest BCUT2D eigenvalue weighted by molar-refractivity contribution is 0.0954. The van der Waals surface area contributed by atoms with Gasteiger partial charge in [-0.05, 0) is 30.3 Å². The summed E-state index contributed by atoms with van der Waals surface area (Å²) in [6.07, 6.45) is 2.35. The van der Waals surface area contributed by atoms with Gasteiger partial charge in [-0.1, -0.05) is 17.7 Å². The van der Waals surface area contributed by atoms with E-state index in [9.17, 15) is 9.90 Å². The molecule has 19 heavy (non-hydrogen) atoms. The van der Waals surface area contributed by atoms with Gasteiger partial charge in [0.25, 0.3) is 5.91 Å². The second kappa shape index (κ2) is 6.20. The van der Waals surface area contributed by atoms with Gasteiger partial charge in [-0.3, -0.25) is 9.78 Å². The first kappa shape index (κ1) is 13.4. The number of rotatable bonds is 4. The molecule has 0 fully saturated rings. The summed E-state index contributed by atoms with van der Waals surface area (Å²) in [4.78, 5) is 16.0. The predicted molar refractivity (Wildman–Crippen MR) is 73.4 cm³/mol. The van der Waals surface area contributed by atoms with Gasteiger partial charge in [0.15, 0.2) is 0 Å². The average molecular weight is 277 g/mol. The zero-order chi connectivity index (χ0) is 13.7. The van der Waals surface area contributed by atoms with Crippen LogP contribution in [0.15, 0.2) is 42.6 Å². The Labute approximate surface area is 116 Å². The van der Waals surface area contributed by atoms with Crippen molar-refractivity contribution < 1.29 is 9.90 Å². The third-order valence-electron chi connectivity index (χ3n) is 2.59. The molecule has 1 aromatic carbocycles. The standard InChI is InChI=1S/C14H13ClN2O2/c15-13-5-4-11(18)9-12(13)14(19)17-8-6-10-3-1-2-7-16-10/h1-5,7,9,18H,6,8H2,(H,17,19). The number of amides is 1. The normalized spacial score (nSPS) is 10.2. The molecule has 0 aliphatic carbocycles. The summed E-state index contributed by atoms with van der Waals surface area (Å²) in [6.45, 7) is 0.460. The number of pyridine rings is 1. The summed E-state index contributed by atoms with van der Waals surface area (Å²) in [5.74, 6) is -0.295. The first-order valence-corrected chi connectivity index (χ1v) is 6.21. The van der Waals surface area contributed by atoms with Crippen molar-refractivity contribution >= 4 is 17.5 Å². The van der Waals surface area contributed by atoms with Crippen molar-refractivity contribution in [2.75, 3.05) is 6.54 Å². The first-order chi connectivity index (χ1) is 9.16. The van der Waals surface area contributed by atoms with Crippen LogP contribution in [0.1, 0.15) is 16.1 Å². The third kappa shape index (κ3) is 3.69. The van der Waals surface area contributed by atoms with Gasteiger partial charge in [0.1, 0.15) is 5.75 Å². The number of carbonyl (C=O) groups excluding carboxylic acids is 1. The Morgan fingerprint density at radius 1 is 1.32 bits per heavy atom. The van der Waals surface area contributed by atoms with Gasteiger partial charge in [0.05, 0.1) is 10.6 Å². The number of phenols is 1. The minimum atomic E-state index is -0.308. The molecule has 1 heterocycles. The number of aromatic hydroxyl groups is 1. The molecule has 98 valence electrons. The third-order valence-corrected chi connectivity index (χ3v) is 2.92. The molecule has 0 bridgehead atoms. The monoisotopic (exact) mass is 276 g/mol.